The number of benzene rings is 6. The summed E-state index contributed by atoms with van der Waals surface area (Å²) in [6.07, 6.45) is 0. The number of hydrogen-bond donors (Lipinski definition) is 0. The van der Waals surface area contributed by atoms with Crippen LogP contribution in [0.25, 0.3) is 49.7 Å². The lowest BCUT2D eigenvalue weighted by Crippen LogP contribution is -2.24. The molecule has 0 saturated carbocycles. The van der Waals surface area contributed by atoms with Gasteiger partial charge in [0.1, 0.15) is 11.5 Å². The molecule has 1 aromatic heterocycles. The summed E-state index contributed by atoms with van der Waals surface area (Å²) in [7, 11) is 0. The van der Waals surface area contributed by atoms with Gasteiger partial charge < -0.3 is 9.30 Å². The van der Waals surface area contributed by atoms with E-state index in [1.54, 1.807) is 26.0 Å². The lowest BCUT2D eigenvalue weighted by molar-refractivity contribution is 0.418. The SMILES string of the molecule is [2H]c1c([2H])c([2H])c2c(c1[2H])Oc1c([2H])c([2H])c(-c3c([2H])c([2H])c([2H])c(-c4cccc5c4c4ccccc4n5-c4ccccc4)c3[2H])c([2H])c1C2(C)C. The Kier molecular flexibility index (Phi) is 3.30. The molecule has 1 aliphatic rings. The quantitative estimate of drug-likeness (QED) is 0.218. The molecule has 0 amide bonds. The third-order valence-corrected chi connectivity index (χ3v) is 7.74. The van der Waals surface area contributed by atoms with Crippen LogP contribution in [0.2, 0.25) is 0 Å². The largest absolute Gasteiger partial charge is 0.457 e. The van der Waals surface area contributed by atoms with Crippen molar-refractivity contribution in [1.29, 1.82) is 0 Å². The molecule has 0 saturated heterocycles. The molecule has 0 fully saturated rings. The van der Waals surface area contributed by atoms with Crippen molar-refractivity contribution < 1.29 is 19.8 Å². The van der Waals surface area contributed by atoms with Gasteiger partial charge in [0.2, 0.25) is 0 Å². The molecule has 0 N–H and O–H groups in total. The van der Waals surface area contributed by atoms with Crippen molar-refractivity contribution in [3.05, 3.63) is 150 Å². The van der Waals surface area contributed by atoms with Crippen molar-refractivity contribution in [2.24, 2.45) is 0 Å². The van der Waals surface area contributed by atoms with E-state index in [-0.39, 0.29) is 63.5 Å². The summed E-state index contributed by atoms with van der Waals surface area (Å²) >= 11 is 0. The number of aromatic nitrogens is 1. The van der Waals surface area contributed by atoms with Crippen molar-refractivity contribution in [3.8, 4) is 39.4 Å². The van der Waals surface area contributed by atoms with E-state index in [4.69, 9.17) is 17.1 Å². The number of hydrogen-bond acceptors (Lipinski definition) is 1. The molecule has 7 aromatic rings. The molecule has 2 heteroatoms. The highest BCUT2D eigenvalue weighted by atomic mass is 16.5. The first-order chi connectivity index (χ1) is 24.7. The van der Waals surface area contributed by atoms with Crippen LogP contribution in [0.4, 0.5) is 0 Å². The van der Waals surface area contributed by atoms with E-state index in [1.165, 1.54) is 0 Å². The van der Waals surface area contributed by atoms with E-state index >= 15 is 0 Å². The number of nitrogens with zero attached hydrogens (tertiary/aromatic N) is 1. The van der Waals surface area contributed by atoms with E-state index in [0.717, 1.165) is 27.5 Å². The maximum absolute atomic E-state index is 9.60. The summed E-state index contributed by atoms with van der Waals surface area (Å²) in [4.78, 5) is 0. The monoisotopic (exact) mass is 538 g/mol. The van der Waals surface area contributed by atoms with Gasteiger partial charge in [0.25, 0.3) is 0 Å². The second kappa shape index (κ2) is 8.97. The number of ether oxygens (including phenoxy) is 1. The fourth-order valence-electron chi connectivity index (χ4n) is 5.77. The van der Waals surface area contributed by atoms with Crippen LogP contribution in [0.5, 0.6) is 11.5 Å². The fraction of sp³-hybridized carbons (Fsp3) is 0.0769. The summed E-state index contributed by atoms with van der Waals surface area (Å²) < 4.78 is 106. The zero-order valence-corrected chi connectivity index (χ0v) is 22.3. The third-order valence-electron chi connectivity index (χ3n) is 7.74. The average molecular weight is 539 g/mol. The summed E-state index contributed by atoms with van der Waals surface area (Å²) in [5, 5.41) is 1.56. The van der Waals surface area contributed by atoms with Gasteiger partial charge in [-0.25, -0.2) is 0 Å². The summed E-state index contributed by atoms with van der Waals surface area (Å²) in [6.45, 7) is 3.28. The minimum absolute atomic E-state index is 0.0376. The molecule has 196 valence electrons. The minimum Gasteiger partial charge on any atom is -0.457 e. The van der Waals surface area contributed by atoms with Crippen LogP contribution in [-0.4, -0.2) is 4.57 Å². The van der Waals surface area contributed by atoms with Gasteiger partial charge in [-0.15, -0.1) is 0 Å². The lowest BCUT2D eigenvalue weighted by Gasteiger charge is -2.34. The molecule has 0 aliphatic carbocycles. The van der Waals surface area contributed by atoms with Crippen LogP contribution in [-0.2, 0) is 5.41 Å². The predicted molar refractivity (Wildman–Crippen MR) is 170 cm³/mol. The van der Waals surface area contributed by atoms with Crippen molar-refractivity contribution in [3.63, 3.8) is 0 Å². The normalized spacial score (nSPS) is 17.3. The van der Waals surface area contributed by atoms with Crippen LogP contribution >= 0.6 is 0 Å². The molecular weight excluding hydrogens is 498 g/mol. The van der Waals surface area contributed by atoms with E-state index in [2.05, 4.69) is 4.57 Å². The molecule has 41 heavy (non-hydrogen) atoms. The Morgan fingerprint density at radius 2 is 1.34 bits per heavy atom. The van der Waals surface area contributed by atoms with Crippen LogP contribution in [0.3, 0.4) is 0 Å². The predicted octanol–water partition coefficient (Wildman–Crippen LogP) is 10.5. The average Bonchev–Trinajstić information content (AvgIpc) is 3.47. The zero-order chi connectivity index (χ0) is 37.1. The number of para-hydroxylation sites is 3. The van der Waals surface area contributed by atoms with Gasteiger partial charge in [0.15, 0.2) is 0 Å². The molecule has 1 aliphatic heterocycles. The molecule has 6 aromatic carbocycles. The van der Waals surface area contributed by atoms with E-state index in [1.807, 2.05) is 60.7 Å². The lowest BCUT2D eigenvalue weighted by atomic mass is 9.75. The van der Waals surface area contributed by atoms with E-state index in [9.17, 15) is 2.74 Å². The van der Waals surface area contributed by atoms with E-state index < -0.39 is 47.7 Å². The first kappa shape index (κ1) is 15.1. The Morgan fingerprint density at radius 1 is 0.610 bits per heavy atom. The molecule has 8 rings (SSSR count). The summed E-state index contributed by atoms with van der Waals surface area (Å²) in [5.74, 6) is -0.413. The van der Waals surface area contributed by atoms with Gasteiger partial charge in [0, 0.05) is 33.0 Å². The van der Waals surface area contributed by atoms with Gasteiger partial charge in [-0.1, -0.05) is 105 Å². The maximum Gasteiger partial charge on any atom is 0.131 e. The van der Waals surface area contributed by atoms with Crippen LogP contribution in [0.15, 0.2) is 139 Å². The molecule has 2 nitrogen and oxygen atoms in total. The summed E-state index contributed by atoms with van der Waals surface area (Å²) in [5.41, 5.74) is 1.33. The molecule has 0 atom stereocenters. The highest BCUT2D eigenvalue weighted by molar-refractivity contribution is 6.15. The zero-order valence-electron chi connectivity index (χ0n) is 33.3. The second-order valence-electron chi connectivity index (χ2n) is 10.5. The van der Waals surface area contributed by atoms with Crippen molar-refractivity contribution in [1.82, 2.24) is 4.57 Å². The molecular formula is C39H29NO. The van der Waals surface area contributed by atoms with Crippen LogP contribution in [0.1, 0.15) is 40.1 Å². The first-order valence-electron chi connectivity index (χ1n) is 18.8. The standard InChI is InChI=1S/C39H29NO/c1-39(2)32-18-7-9-21-36(32)41-37-23-22-27(25-33(37)39)26-12-10-13-28(24-26)30-17-11-20-35-38(30)31-16-6-8-19-34(31)40(35)29-14-4-3-5-15-29/h3-25H,1-2H3/i7D,9D,10D,12D,13D,18D,21D,22D,23D,24D,25D. The van der Waals surface area contributed by atoms with Crippen LogP contribution < -0.4 is 4.74 Å². The number of rotatable bonds is 3. The third kappa shape index (κ3) is 3.64. The van der Waals surface area contributed by atoms with Gasteiger partial charge in [-0.05, 0) is 70.7 Å². The fourth-order valence-corrected chi connectivity index (χ4v) is 5.77. The topological polar surface area (TPSA) is 14.2 Å². The van der Waals surface area contributed by atoms with E-state index in [0.29, 0.717) is 5.56 Å². The van der Waals surface area contributed by atoms with Gasteiger partial charge in [-0.2, -0.15) is 0 Å². The van der Waals surface area contributed by atoms with Gasteiger partial charge in [-0.3, -0.25) is 0 Å². The molecule has 0 unspecified atom stereocenters. The van der Waals surface area contributed by atoms with Crippen molar-refractivity contribution in [2.45, 2.75) is 19.3 Å². The molecule has 2 heterocycles. The Labute approximate surface area is 255 Å². The van der Waals surface area contributed by atoms with Gasteiger partial charge in [0.05, 0.1) is 26.1 Å². The van der Waals surface area contributed by atoms with Crippen LogP contribution in [0, 0.1) is 0 Å². The number of fused-ring (bicyclic) bond motifs is 5. The highest BCUT2D eigenvalue weighted by Gasteiger charge is 2.34. The Morgan fingerprint density at radius 3 is 2.24 bits per heavy atom. The Hall–Kier alpha value is -5.08. The maximum atomic E-state index is 9.60. The smallest absolute Gasteiger partial charge is 0.131 e. The molecule has 0 radical (unpaired) electrons. The minimum atomic E-state index is -1.34. The molecule has 0 spiro atoms. The highest BCUT2D eigenvalue weighted by Crippen LogP contribution is 2.49. The summed E-state index contributed by atoms with van der Waals surface area (Å²) in [6, 6.07) is 18.0. The molecule has 0 bridgehead atoms. The Balaban J connectivity index is 1.45. The van der Waals surface area contributed by atoms with Gasteiger partial charge >= 0.3 is 0 Å². The van der Waals surface area contributed by atoms with Crippen molar-refractivity contribution in [2.75, 3.05) is 0 Å². The van der Waals surface area contributed by atoms with Crippen molar-refractivity contribution >= 4 is 21.8 Å². The first-order valence-corrected chi connectivity index (χ1v) is 13.3. The Bertz CT molecular complexity index is 2700. The second-order valence-corrected chi connectivity index (χ2v) is 10.5.